The summed E-state index contributed by atoms with van der Waals surface area (Å²) in [6.07, 6.45) is 4.59. The lowest BCUT2D eigenvalue weighted by atomic mass is 10.0. The second kappa shape index (κ2) is 20.1. The van der Waals surface area contributed by atoms with E-state index in [0.29, 0.717) is 53.1 Å². The van der Waals surface area contributed by atoms with Crippen molar-refractivity contribution in [2.24, 2.45) is 0 Å². The molecule has 6 aromatic rings. The van der Waals surface area contributed by atoms with Gasteiger partial charge in [0.05, 0.1) is 49.8 Å². The van der Waals surface area contributed by atoms with Gasteiger partial charge in [0.1, 0.15) is 23.0 Å². The van der Waals surface area contributed by atoms with Gasteiger partial charge in [-0.05, 0) is 145 Å². The zero-order valence-corrected chi connectivity index (χ0v) is 34.4. The van der Waals surface area contributed by atoms with Gasteiger partial charge >= 0.3 is 0 Å². The third-order valence-corrected chi connectivity index (χ3v) is 9.97. The molecule has 6 aromatic carbocycles. The van der Waals surface area contributed by atoms with E-state index in [1.54, 1.807) is 49.8 Å². The molecule has 0 atom stereocenters. The molecule has 9 nitrogen and oxygen atoms in total. The Balaban J connectivity index is 1.34. The number of benzene rings is 6. The first-order valence-electron chi connectivity index (χ1n) is 19.2. The summed E-state index contributed by atoms with van der Waals surface area (Å²) in [5.41, 5.74) is 6.58. The third kappa shape index (κ3) is 10.7. The molecule has 0 fully saturated rings. The summed E-state index contributed by atoms with van der Waals surface area (Å²) in [7, 11) is 11.5. The van der Waals surface area contributed by atoms with Gasteiger partial charge < -0.3 is 42.6 Å². The lowest BCUT2D eigenvalue weighted by Crippen LogP contribution is -2.01. The van der Waals surface area contributed by atoms with E-state index < -0.39 is 0 Å². The molecule has 0 spiro atoms. The maximum absolute atomic E-state index is 6.75. The molecule has 0 bridgehead atoms. The first-order valence-corrected chi connectivity index (χ1v) is 19.2. The van der Waals surface area contributed by atoms with Gasteiger partial charge in [-0.2, -0.15) is 0 Å². The molecule has 0 amide bonds. The van der Waals surface area contributed by atoms with Crippen molar-refractivity contribution in [3.63, 3.8) is 0 Å². The highest BCUT2D eigenvalue weighted by Crippen LogP contribution is 2.46. The van der Waals surface area contributed by atoms with Crippen molar-refractivity contribution in [3.8, 4) is 63.2 Å². The van der Waals surface area contributed by atoms with Gasteiger partial charge in [-0.15, -0.1) is 0 Å². The number of methoxy groups -OCH3 is 7. The van der Waals surface area contributed by atoms with E-state index >= 15 is 0 Å². The molecule has 0 aliphatic rings. The topological polar surface area (TPSA) is 83.1 Å². The van der Waals surface area contributed by atoms with Crippen LogP contribution in [0.5, 0.6) is 63.2 Å². The normalized spacial score (nSPS) is 10.7. The molecule has 0 radical (unpaired) electrons. The number of rotatable bonds is 20. The summed E-state index contributed by atoms with van der Waals surface area (Å²) in [5, 5.41) is 0. The number of hydrogen-bond acceptors (Lipinski definition) is 9. The highest BCUT2D eigenvalue weighted by Gasteiger charge is 2.20. The maximum Gasteiger partial charge on any atom is 0.204 e. The number of ether oxygens (including phenoxy) is 9. The highest BCUT2D eigenvalue weighted by atomic mass is 16.6. The van der Waals surface area contributed by atoms with Crippen molar-refractivity contribution >= 4 is 0 Å². The molecule has 6 rings (SSSR count). The van der Waals surface area contributed by atoms with Gasteiger partial charge in [0.15, 0.2) is 34.5 Å². The first-order chi connectivity index (χ1) is 28.3. The Morgan fingerprint density at radius 3 is 1.03 bits per heavy atom. The highest BCUT2D eigenvalue weighted by molar-refractivity contribution is 5.59. The molecule has 0 aliphatic heterocycles. The molecule has 58 heavy (non-hydrogen) atoms. The molecule has 0 unspecified atom stereocenters. The maximum atomic E-state index is 6.75. The third-order valence-electron chi connectivity index (χ3n) is 9.97. The monoisotopic (exact) mass is 784 g/mol. The predicted molar refractivity (Wildman–Crippen MR) is 227 cm³/mol. The molecule has 0 heterocycles. The Morgan fingerprint density at radius 2 is 0.638 bits per heavy atom. The molecule has 0 saturated heterocycles. The van der Waals surface area contributed by atoms with Crippen LogP contribution < -0.4 is 42.6 Å². The van der Waals surface area contributed by atoms with Gasteiger partial charge in [-0.1, -0.05) is 36.4 Å². The van der Waals surface area contributed by atoms with Gasteiger partial charge in [0.25, 0.3) is 0 Å². The molecule has 302 valence electrons. The fraction of sp³-hybridized carbons (Fsp3) is 0.265. The molecule has 0 aromatic heterocycles. The lowest BCUT2D eigenvalue weighted by molar-refractivity contribution is 0.334. The number of aryl methyl sites for hydroxylation is 6. The summed E-state index contributed by atoms with van der Waals surface area (Å²) in [4.78, 5) is 0. The Bertz CT molecular complexity index is 2130. The van der Waals surface area contributed by atoms with Crippen LogP contribution in [0.15, 0.2) is 115 Å². The number of hydrogen-bond donors (Lipinski definition) is 0. The first kappa shape index (κ1) is 41.2. The molecule has 0 aliphatic carbocycles. The average molecular weight is 785 g/mol. The Kier molecular flexibility index (Phi) is 14.3. The summed E-state index contributed by atoms with van der Waals surface area (Å²) in [6, 6.07) is 38.2. The van der Waals surface area contributed by atoms with Gasteiger partial charge in [-0.25, -0.2) is 0 Å². The van der Waals surface area contributed by atoms with E-state index in [-0.39, 0.29) is 0 Å². The fourth-order valence-corrected chi connectivity index (χ4v) is 6.81. The van der Waals surface area contributed by atoms with Crippen LogP contribution in [0.25, 0.3) is 0 Å². The van der Waals surface area contributed by atoms with Crippen molar-refractivity contribution in [2.45, 2.75) is 38.5 Å². The minimum absolute atomic E-state index is 0.430. The van der Waals surface area contributed by atoms with Crippen molar-refractivity contribution < 1.29 is 42.6 Å². The lowest BCUT2D eigenvalue weighted by Gasteiger charge is -2.19. The standard InChI is InChI=1S/C49H52O9/c1-50-39-12-8-10-33(24-39)14-16-35-20-22-43(54-5)45(28-35)57-47-30-38(19-18-37-26-41(52-3)32-42(27-37)53-4)31-48(49(47)56-7)58-46-29-36(21-23-44(46)55-6)17-15-34-11-9-13-40(25-34)51-2/h8-13,20-32H,14-19H2,1-7H3. The summed E-state index contributed by atoms with van der Waals surface area (Å²) < 4.78 is 53.1. The van der Waals surface area contributed by atoms with Gasteiger partial charge in [0, 0.05) is 6.07 Å². The molecular formula is C49H52O9. The van der Waals surface area contributed by atoms with Crippen LogP contribution in [0.3, 0.4) is 0 Å². The molecule has 9 heteroatoms. The predicted octanol–water partition coefficient (Wildman–Crippen LogP) is 10.7. The summed E-state index contributed by atoms with van der Waals surface area (Å²) >= 11 is 0. The van der Waals surface area contributed by atoms with Crippen molar-refractivity contribution in [3.05, 3.63) is 149 Å². The van der Waals surface area contributed by atoms with Crippen LogP contribution in [0.2, 0.25) is 0 Å². The summed E-state index contributed by atoms with van der Waals surface area (Å²) in [5.74, 6) is 6.83. The second-order valence-electron chi connectivity index (χ2n) is 13.7. The van der Waals surface area contributed by atoms with Crippen molar-refractivity contribution in [2.75, 3.05) is 49.8 Å². The molecular weight excluding hydrogens is 733 g/mol. The minimum Gasteiger partial charge on any atom is -0.497 e. The van der Waals surface area contributed by atoms with E-state index in [1.165, 1.54) is 11.1 Å². The SMILES string of the molecule is COc1cccc(CCc2ccc(OC)c(Oc3cc(CCc4cc(OC)cc(OC)c4)cc(Oc4cc(CCc5cccc(OC)c5)ccc4OC)c3OC)c2)c1. The van der Waals surface area contributed by atoms with E-state index in [4.69, 9.17) is 42.6 Å². The average Bonchev–Trinajstić information content (AvgIpc) is 3.27. The zero-order valence-electron chi connectivity index (χ0n) is 34.4. The van der Waals surface area contributed by atoms with Crippen LogP contribution in [-0.2, 0) is 38.5 Å². The van der Waals surface area contributed by atoms with Gasteiger partial charge in [0.2, 0.25) is 5.75 Å². The van der Waals surface area contributed by atoms with Crippen LogP contribution in [-0.4, -0.2) is 49.8 Å². The second-order valence-corrected chi connectivity index (χ2v) is 13.7. The molecule has 0 N–H and O–H groups in total. The van der Waals surface area contributed by atoms with E-state index in [9.17, 15) is 0 Å². The van der Waals surface area contributed by atoms with Crippen molar-refractivity contribution in [1.82, 2.24) is 0 Å². The van der Waals surface area contributed by atoms with Crippen LogP contribution in [0.4, 0.5) is 0 Å². The van der Waals surface area contributed by atoms with E-state index in [0.717, 1.165) is 70.9 Å². The van der Waals surface area contributed by atoms with Crippen molar-refractivity contribution in [1.29, 1.82) is 0 Å². The van der Waals surface area contributed by atoms with Crippen LogP contribution in [0, 0.1) is 0 Å². The Labute approximate surface area is 341 Å². The smallest absolute Gasteiger partial charge is 0.204 e. The summed E-state index contributed by atoms with van der Waals surface area (Å²) in [6.45, 7) is 0. The van der Waals surface area contributed by atoms with E-state index in [1.807, 2.05) is 78.9 Å². The Morgan fingerprint density at radius 1 is 0.276 bits per heavy atom. The fourth-order valence-electron chi connectivity index (χ4n) is 6.81. The van der Waals surface area contributed by atoms with E-state index in [2.05, 4.69) is 36.4 Å². The minimum atomic E-state index is 0.430. The quantitative estimate of drug-likeness (QED) is 0.0751. The molecule has 0 saturated carbocycles. The largest absolute Gasteiger partial charge is 0.497 e. The Hall–Kier alpha value is -6.48. The van der Waals surface area contributed by atoms with Crippen LogP contribution >= 0.6 is 0 Å². The van der Waals surface area contributed by atoms with Gasteiger partial charge in [-0.3, -0.25) is 0 Å². The van der Waals surface area contributed by atoms with Crippen LogP contribution in [0.1, 0.15) is 33.4 Å². The zero-order chi connectivity index (χ0) is 40.9.